The summed E-state index contributed by atoms with van der Waals surface area (Å²) < 4.78 is 5.40. The van der Waals surface area contributed by atoms with Gasteiger partial charge in [0.05, 0.1) is 12.8 Å². The largest absolute Gasteiger partial charge is 0.495 e. The van der Waals surface area contributed by atoms with Gasteiger partial charge in [-0.25, -0.2) is 0 Å². The Labute approximate surface area is 110 Å². The molecule has 0 amide bonds. The number of hydrogen-bond acceptors (Lipinski definition) is 3. The van der Waals surface area contributed by atoms with Gasteiger partial charge in [-0.2, -0.15) is 0 Å². The lowest BCUT2D eigenvalue weighted by molar-refractivity contribution is 0.163. The van der Waals surface area contributed by atoms with Crippen LogP contribution in [0.3, 0.4) is 0 Å². The highest BCUT2D eigenvalue weighted by Crippen LogP contribution is 2.40. The summed E-state index contributed by atoms with van der Waals surface area (Å²) >= 11 is 0. The Morgan fingerprint density at radius 3 is 2.67 bits per heavy atom. The Bertz CT molecular complexity index is 394. The van der Waals surface area contributed by atoms with Crippen LogP contribution in [0, 0.1) is 5.41 Å². The standard InChI is InChI=1S/C15H24N2O/c1-3-12-5-6-14(18-2)13(9-12)17-11-15(10-16)7-4-8-15/h5-6,9,17H,3-4,7-8,10-11,16H2,1-2H3. The maximum Gasteiger partial charge on any atom is 0.141 e. The summed E-state index contributed by atoms with van der Waals surface area (Å²) in [7, 11) is 1.72. The summed E-state index contributed by atoms with van der Waals surface area (Å²) in [6.07, 6.45) is 4.84. The number of nitrogens with one attached hydrogen (secondary N) is 1. The average molecular weight is 248 g/mol. The molecule has 0 spiro atoms. The molecule has 3 heteroatoms. The van der Waals surface area contributed by atoms with Crippen LogP contribution in [-0.2, 0) is 6.42 Å². The van der Waals surface area contributed by atoms with E-state index < -0.39 is 0 Å². The summed E-state index contributed by atoms with van der Waals surface area (Å²) in [5.41, 5.74) is 8.62. The average Bonchev–Trinajstić information content (AvgIpc) is 2.37. The molecule has 3 N–H and O–H groups in total. The highest BCUT2D eigenvalue weighted by atomic mass is 16.5. The maximum atomic E-state index is 5.89. The molecular weight excluding hydrogens is 224 g/mol. The van der Waals surface area contributed by atoms with Crippen LogP contribution in [0.25, 0.3) is 0 Å². The minimum Gasteiger partial charge on any atom is -0.495 e. The fourth-order valence-corrected chi connectivity index (χ4v) is 2.53. The molecule has 18 heavy (non-hydrogen) atoms. The molecule has 1 fully saturated rings. The normalized spacial score (nSPS) is 17.1. The second kappa shape index (κ2) is 5.61. The van der Waals surface area contributed by atoms with E-state index in [1.807, 2.05) is 6.07 Å². The van der Waals surface area contributed by atoms with Crippen molar-refractivity contribution in [3.05, 3.63) is 23.8 Å². The van der Waals surface area contributed by atoms with E-state index in [0.29, 0.717) is 5.41 Å². The number of aryl methyl sites for hydroxylation is 1. The molecule has 0 aromatic heterocycles. The molecule has 0 bridgehead atoms. The zero-order chi connectivity index (χ0) is 13.0. The maximum absolute atomic E-state index is 5.89. The molecule has 2 rings (SSSR count). The zero-order valence-corrected chi connectivity index (χ0v) is 11.5. The van der Waals surface area contributed by atoms with Gasteiger partial charge in [0.1, 0.15) is 5.75 Å². The minimum atomic E-state index is 0.313. The second-order valence-electron chi connectivity index (χ2n) is 5.30. The van der Waals surface area contributed by atoms with E-state index in [1.54, 1.807) is 7.11 Å². The van der Waals surface area contributed by atoms with Gasteiger partial charge < -0.3 is 15.8 Å². The van der Waals surface area contributed by atoms with Crippen molar-refractivity contribution in [2.45, 2.75) is 32.6 Å². The van der Waals surface area contributed by atoms with Crippen molar-refractivity contribution in [2.75, 3.05) is 25.5 Å². The smallest absolute Gasteiger partial charge is 0.141 e. The van der Waals surface area contributed by atoms with Crippen molar-refractivity contribution >= 4 is 5.69 Å². The van der Waals surface area contributed by atoms with E-state index in [1.165, 1.54) is 24.8 Å². The van der Waals surface area contributed by atoms with Crippen LogP contribution in [-0.4, -0.2) is 20.2 Å². The van der Waals surface area contributed by atoms with E-state index in [4.69, 9.17) is 10.5 Å². The Balaban J connectivity index is 2.07. The van der Waals surface area contributed by atoms with Crippen LogP contribution in [0.15, 0.2) is 18.2 Å². The van der Waals surface area contributed by atoms with Crippen molar-refractivity contribution in [3.63, 3.8) is 0 Å². The van der Waals surface area contributed by atoms with Gasteiger partial charge in [-0.3, -0.25) is 0 Å². The molecule has 100 valence electrons. The molecule has 0 heterocycles. The summed E-state index contributed by atoms with van der Waals surface area (Å²) in [6, 6.07) is 6.34. The molecule has 1 aromatic rings. The first-order valence-electron chi connectivity index (χ1n) is 6.84. The SMILES string of the molecule is CCc1ccc(OC)c(NCC2(CN)CCC2)c1. The van der Waals surface area contributed by atoms with E-state index in [0.717, 1.165) is 30.9 Å². The van der Waals surface area contributed by atoms with Crippen molar-refractivity contribution < 1.29 is 4.74 Å². The highest BCUT2D eigenvalue weighted by Gasteiger charge is 2.35. The predicted molar refractivity (Wildman–Crippen MR) is 76.2 cm³/mol. The van der Waals surface area contributed by atoms with Crippen LogP contribution < -0.4 is 15.8 Å². The van der Waals surface area contributed by atoms with E-state index in [2.05, 4.69) is 24.4 Å². The molecular formula is C15H24N2O. The number of rotatable bonds is 6. The minimum absolute atomic E-state index is 0.313. The van der Waals surface area contributed by atoms with Crippen LogP contribution in [0.1, 0.15) is 31.7 Å². The summed E-state index contributed by atoms with van der Waals surface area (Å²) in [6.45, 7) is 3.89. The number of methoxy groups -OCH3 is 1. The van der Waals surface area contributed by atoms with Gasteiger partial charge in [0.25, 0.3) is 0 Å². The van der Waals surface area contributed by atoms with Gasteiger partial charge in [-0.05, 0) is 48.9 Å². The summed E-state index contributed by atoms with van der Waals surface area (Å²) in [4.78, 5) is 0. The van der Waals surface area contributed by atoms with Gasteiger partial charge in [0, 0.05) is 6.54 Å². The first-order valence-corrected chi connectivity index (χ1v) is 6.84. The van der Waals surface area contributed by atoms with Crippen LogP contribution in [0.2, 0.25) is 0 Å². The summed E-state index contributed by atoms with van der Waals surface area (Å²) in [5, 5.41) is 3.53. The Kier molecular flexibility index (Phi) is 4.12. The fourth-order valence-electron chi connectivity index (χ4n) is 2.53. The van der Waals surface area contributed by atoms with Crippen LogP contribution in [0.5, 0.6) is 5.75 Å². The van der Waals surface area contributed by atoms with Gasteiger partial charge in [0.2, 0.25) is 0 Å². The first-order chi connectivity index (χ1) is 8.73. The Morgan fingerprint density at radius 1 is 1.39 bits per heavy atom. The fraction of sp³-hybridized carbons (Fsp3) is 0.600. The molecule has 1 aliphatic carbocycles. The quantitative estimate of drug-likeness (QED) is 0.814. The van der Waals surface area contributed by atoms with Crippen molar-refractivity contribution in [3.8, 4) is 5.75 Å². The van der Waals surface area contributed by atoms with E-state index in [9.17, 15) is 0 Å². The molecule has 1 aromatic carbocycles. The number of benzene rings is 1. The third-order valence-corrected chi connectivity index (χ3v) is 4.17. The van der Waals surface area contributed by atoms with Gasteiger partial charge in [-0.15, -0.1) is 0 Å². The van der Waals surface area contributed by atoms with Crippen molar-refractivity contribution in [1.29, 1.82) is 0 Å². The lowest BCUT2D eigenvalue weighted by atomic mass is 9.69. The first kappa shape index (κ1) is 13.2. The third-order valence-electron chi connectivity index (χ3n) is 4.17. The molecule has 3 nitrogen and oxygen atoms in total. The molecule has 1 aliphatic rings. The van der Waals surface area contributed by atoms with Crippen LogP contribution in [0.4, 0.5) is 5.69 Å². The lowest BCUT2D eigenvalue weighted by Crippen LogP contribution is -2.43. The number of ether oxygens (including phenoxy) is 1. The molecule has 0 aliphatic heterocycles. The molecule has 0 saturated heterocycles. The Morgan fingerprint density at radius 2 is 2.17 bits per heavy atom. The number of nitrogens with two attached hydrogens (primary N) is 1. The summed E-state index contributed by atoms with van der Waals surface area (Å²) in [5.74, 6) is 0.915. The zero-order valence-electron chi connectivity index (χ0n) is 11.5. The lowest BCUT2D eigenvalue weighted by Gasteiger charge is -2.41. The van der Waals surface area contributed by atoms with Gasteiger partial charge in [0.15, 0.2) is 0 Å². The topological polar surface area (TPSA) is 47.3 Å². The van der Waals surface area contributed by atoms with Crippen LogP contribution >= 0.6 is 0 Å². The molecule has 0 atom stereocenters. The monoisotopic (exact) mass is 248 g/mol. The third kappa shape index (κ3) is 2.61. The number of anilines is 1. The predicted octanol–water partition coefficient (Wildman–Crippen LogP) is 2.80. The van der Waals surface area contributed by atoms with Gasteiger partial charge in [-0.1, -0.05) is 19.4 Å². The van der Waals surface area contributed by atoms with E-state index >= 15 is 0 Å². The number of hydrogen-bond donors (Lipinski definition) is 2. The second-order valence-corrected chi connectivity index (χ2v) is 5.30. The molecule has 0 unspecified atom stereocenters. The Hall–Kier alpha value is -1.22. The highest BCUT2D eigenvalue weighted by molar-refractivity contribution is 5.58. The van der Waals surface area contributed by atoms with Crippen molar-refractivity contribution in [2.24, 2.45) is 11.1 Å². The van der Waals surface area contributed by atoms with Crippen molar-refractivity contribution in [1.82, 2.24) is 0 Å². The molecule has 1 saturated carbocycles. The van der Waals surface area contributed by atoms with E-state index in [-0.39, 0.29) is 0 Å². The molecule has 0 radical (unpaired) electrons. The van der Waals surface area contributed by atoms with Gasteiger partial charge >= 0.3 is 0 Å².